The summed E-state index contributed by atoms with van der Waals surface area (Å²) in [6.07, 6.45) is 0. The number of aryl methyl sites for hydroxylation is 1. The molecule has 0 spiro atoms. The zero-order valence-electron chi connectivity index (χ0n) is 27.2. The standard InChI is InChI=1S/C10H9NO3.C9H8BrNO.C9H10O3.C7H7NO3/c1-13-9-5-7(10(12)14-2)3-4-8(9)6-11;1-12-9-4-7(5-10)2-3-8(9)6-11;1-6-3-4-7(5-8(6)10)9(11)12-2;8-5-2-1-4(7(10)11)3-6(5)9/h3-5H,1-2H3;2-4H,5H2,1H3;3-5,10H,1-2H3;1-3,9H,8H2,(H,10,11). The van der Waals surface area contributed by atoms with Crippen LogP contribution in [0.3, 0.4) is 0 Å². The Morgan fingerprint density at radius 1 is 0.714 bits per heavy atom. The van der Waals surface area contributed by atoms with Crippen LogP contribution in [0, 0.1) is 29.6 Å². The summed E-state index contributed by atoms with van der Waals surface area (Å²) in [5, 5.41) is 44.8. The topological polar surface area (TPSA) is 222 Å². The maximum Gasteiger partial charge on any atom is 0.337 e. The van der Waals surface area contributed by atoms with Crippen LogP contribution in [0.5, 0.6) is 23.0 Å². The van der Waals surface area contributed by atoms with Gasteiger partial charge < -0.3 is 40.0 Å². The van der Waals surface area contributed by atoms with E-state index < -0.39 is 17.9 Å². The van der Waals surface area contributed by atoms with Crippen molar-refractivity contribution in [1.29, 1.82) is 10.5 Å². The van der Waals surface area contributed by atoms with Crippen molar-refractivity contribution in [3.8, 4) is 35.1 Å². The molecule has 0 saturated carbocycles. The fraction of sp³-hybridized carbons (Fsp3) is 0.171. The lowest BCUT2D eigenvalue weighted by Crippen LogP contribution is -2.01. The van der Waals surface area contributed by atoms with Crippen LogP contribution < -0.4 is 15.2 Å². The normalized spacial score (nSPS) is 9.22. The van der Waals surface area contributed by atoms with Gasteiger partial charge >= 0.3 is 17.9 Å². The molecule has 0 aliphatic heterocycles. The number of aromatic carboxylic acids is 1. The van der Waals surface area contributed by atoms with Crippen molar-refractivity contribution in [3.63, 3.8) is 0 Å². The number of nitrogen functional groups attached to an aromatic ring is 1. The van der Waals surface area contributed by atoms with E-state index in [0.717, 1.165) is 22.5 Å². The van der Waals surface area contributed by atoms with E-state index in [4.69, 9.17) is 35.9 Å². The number of anilines is 1. The Balaban J connectivity index is 0.000000328. The van der Waals surface area contributed by atoms with Crippen LogP contribution in [0.15, 0.2) is 72.8 Å². The van der Waals surface area contributed by atoms with Gasteiger partial charge in [0.2, 0.25) is 0 Å². The lowest BCUT2D eigenvalue weighted by molar-refractivity contribution is 0.0591. The molecule has 0 unspecified atom stereocenters. The zero-order valence-corrected chi connectivity index (χ0v) is 28.8. The average Bonchev–Trinajstić information content (AvgIpc) is 3.13. The van der Waals surface area contributed by atoms with E-state index in [1.54, 1.807) is 32.2 Å². The highest BCUT2D eigenvalue weighted by atomic mass is 79.9. The molecule has 0 bridgehead atoms. The monoisotopic (exact) mass is 735 g/mol. The van der Waals surface area contributed by atoms with Crippen molar-refractivity contribution in [2.45, 2.75) is 12.3 Å². The van der Waals surface area contributed by atoms with Crippen molar-refractivity contribution < 1.29 is 48.7 Å². The lowest BCUT2D eigenvalue weighted by atomic mass is 10.1. The molecule has 4 aromatic carbocycles. The fourth-order valence-electron chi connectivity index (χ4n) is 3.47. The van der Waals surface area contributed by atoms with E-state index in [2.05, 4.69) is 31.5 Å². The number of aromatic hydroxyl groups is 2. The predicted octanol–water partition coefficient (Wildman–Crippen LogP) is 5.98. The molecule has 4 rings (SSSR count). The number of hydrogen-bond acceptors (Lipinski definition) is 12. The van der Waals surface area contributed by atoms with Crippen LogP contribution in [0.1, 0.15) is 53.3 Å². The minimum Gasteiger partial charge on any atom is -0.508 e. The first-order chi connectivity index (χ1) is 23.3. The van der Waals surface area contributed by atoms with E-state index >= 15 is 0 Å². The Bertz CT molecular complexity index is 1850. The van der Waals surface area contributed by atoms with Gasteiger partial charge in [-0.05, 0) is 78.7 Å². The second-order valence-corrected chi connectivity index (χ2v) is 9.93. The van der Waals surface area contributed by atoms with Gasteiger partial charge in [-0.15, -0.1) is 0 Å². The highest BCUT2D eigenvalue weighted by Crippen LogP contribution is 2.22. The smallest absolute Gasteiger partial charge is 0.337 e. The number of carbonyl (C=O) groups is 3. The molecule has 5 N–H and O–H groups in total. The fourth-order valence-corrected chi connectivity index (χ4v) is 3.82. The van der Waals surface area contributed by atoms with Gasteiger partial charge in [0.05, 0.1) is 61.9 Å². The molecule has 0 aliphatic carbocycles. The highest BCUT2D eigenvalue weighted by molar-refractivity contribution is 9.08. The first-order valence-corrected chi connectivity index (χ1v) is 14.9. The maximum absolute atomic E-state index is 11.1. The summed E-state index contributed by atoms with van der Waals surface area (Å²) < 4.78 is 19.0. The number of carboxylic acids is 1. The number of methoxy groups -OCH3 is 4. The molecule has 0 aromatic heterocycles. The van der Waals surface area contributed by atoms with E-state index in [1.165, 1.54) is 57.7 Å². The Morgan fingerprint density at radius 3 is 1.63 bits per heavy atom. The second kappa shape index (κ2) is 20.8. The third-order valence-electron chi connectivity index (χ3n) is 6.19. The van der Waals surface area contributed by atoms with Crippen LogP contribution in [-0.2, 0) is 14.8 Å². The van der Waals surface area contributed by atoms with Gasteiger partial charge in [0.1, 0.15) is 35.1 Å². The summed E-state index contributed by atoms with van der Waals surface area (Å²) in [6.45, 7) is 1.76. The molecule has 4 aromatic rings. The summed E-state index contributed by atoms with van der Waals surface area (Å²) in [5.41, 5.74) is 8.97. The number of benzene rings is 4. The summed E-state index contributed by atoms with van der Waals surface area (Å²) in [4.78, 5) is 32.4. The van der Waals surface area contributed by atoms with Gasteiger partial charge in [0, 0.05) is 5.33 Å². The van der Waals surface area contributed by atoms with Crippen molar-refractivity contribution in [2.24, 2.45) is 0 Å². The van der Waals surface area contributed by atoms with Gasteiger partial charge in [-0.1, -0.05) is 28.1 Å². The summed E-state index contributed by atoms with van der Waals surface area (Å²) >= 11 is 3.33. The molecule has 0 atom stereocenters. The van der Waals surface area contributed by atoms with Gasteiger partial charge in [-0.3, -0.25) is 0 Å². The molecule has 0 aliphatic rings. The number of hydrogen-bond donors (Lipinski definition) is 4. The number of phenols is 2. The molecular weight excluding hydrogens is 702 g/mol. The average molecular weight is 737 g/mol. The quantitative estimate of drug-likeness (QED) is 0.0776. The van der Waals surface area contributed by atoms with Crippen LogP contribution in [0.4, 0.5) is 5.69 Å². The molecular formula is C35H34BrN3O10. The van der Waals surface area contributed by atoms with Crippen molar-refractivity contribution in [3.05, 3.63) is 112 Å². The summed E-state index contributed by atoms with van der Waals surface area (Å²) in [6, 6.07) is 22.5. The minimum atomic E-state index is -1.08. The minimum absolute atomic E-state index is 0.0247. The van der Waals surface area contributed by atoms with Crippen LogP contribution in [0.25, 0.3) is 0 Å². The number of halogens is 1. The summed E-state index contributed by atoms with van der Waals surface area (Å²) in [5.74, 6) is -1.06. The molecule has 0 heterocycles. The first-order valence-electron chi connectivity index (χ1n) is 13.8. The van der Waals surface area contributed by atoms with Gasteiger partial charge in [-0.25, -0.2) is 14.4 Å². The second-order valence-electron chi connectivity index (χ2n) is 9.37. The molecule has 0 amide bonds. The van der Waals surface area contributed by atoms with Crippen molar-refractivity contribution >= 4 is 39.5 Å². The van der Waals surface area contributed by atoms with Gasteiger partial charge in [0.25, 0.3) is 0 Å². The van der Waals surface area contributed by atoms with Gasteiger partial charge in [-0.2, -0.15) is 10.5 Å². The number of nitrogens with two attached hydrogens (primary N) is 1. The third-order valence-corrected chi connectivity index (χ3v) is 6.84. The Hall–Kier alpha value is -6.25. The number of esters is 2. The molecule has 256 valence electrons. The van der Waals surface area contributed by atoms with Crippen LogP contribution >= 0.6 is 15.9 Å². The van der Waals surface area contributed by atoms with Crippen molar-refractivity contribution in [1.82, 2.24) is 0 Å². The first kappa shape index (κ1) is 40.8. The molecule has 49 heavy (non-hydrogen) atoms. The zero-order chi connectivity index (χ0) is 37.1. The predicted molar refractivity (Wildman–Crippen MR) is 183 cm³/mol. The Labute approximate surface area is 291 Å². The van der Waals surface area contributed by atoms with E-state index in [0.29, 0.717) is 33.8 Å². The number of carboxylic acid groups (broad SMARTS) is 1. The van der Waals surface area contributed by atoms with E-state index in [9.17, 15) is 19.5 Å². The number of nitriles is 2. The number of rotatable bonds is 6. The molecule has 14 heteroatoms. The van der Waals surface area contributed by atoms with Crippen LogP contribution in [-0.4, -0.2) is 61.7 Å². The van der Waals surface area contributed by atoms with Crippen LogP contribution in [0.2, 0.25) is 0 Å². The maximum atomic E-state index is 11.1. The molecule has 13 nitrogen and oxygen atoms in total. The largest absolute Gasteiger partial charge is 0.508 e. The summed E-state index contributed by atoms with van der Waals surface area (Å²) in [7, 11) is 5.61. The lowest BCUT2D eigenvalue weighted by Gasteiger charge is -2.04. The number of nitrogens with zero attached hydrogens (tertiary/aromatic N) is 2. The van der Waals surface area contributed by atoms with Crippen molar-refractivity contribution in [2.75, 3.05) is 34.2 Å². The number of ether oxygens (including phenoxy) is 4. The Morgan fingerprint density at radius 2 is 1.18 bits per heavy atom. The molecule has 0 saturated heterocycles. The highest BCUT2D eigenvalue weighted by Gasteiger charge is 2.10. The third kappa shape index (κ3) is 12.8. The molecule has 0 radical (unpaired) electrons. The van der Waals surface area contributed by atoms with E-state index in [1.807, 2.05) is 18.2 Å². The number of alkyl halides is 1. The number of carbonyl (C=O) groups excluding carboxylic acids is 2. The SMILES string of the molecule is COC(=O)c1ccc(C#N)c(OC)c1.COC(=O)c1ccc(C)c(O)c1.COc1cc(CBr)ccc1C#N.Nc1ccc(C(=O)O)cc1O. The number of phenolic OH excluding ortho intramolecular Hbond substituents is 2. The Kier molecular flexibility index (Phi) is 17.3. The van der Waals surface area contributed by atoms with E-state index in [-0.39, 0.29) is 22.7 Å². The van der Waals surface area contributed by atoms with Gasteiger partial charge in [0.15, 0.2) is 0 Å². The molecule has 0 fully saturated rings.